The summed E-state index contributed by atoms with van der Waals surface area (Å²) in [6.07, 6.45) is 5.35. The molecule has 0 aliphatic carbocycles. The number of anilines is 1. The molecule has 10 N–H and O–H groups in total. The first-order chi connectivity index (χ1) is 29.9. The number of phosphoric ester groups is 3. The number of carbonyl (C=O) groups excluding carboxylic acids is 3. The number of nitrogens with two attached hydrogens (primary N) is 1. The number of hydrogen-bond donors (Lipinski definition) is 9. The lowest BCUT2D eigenvalue weighted by Gasteiger charge is -2.30. The number of nitrogens with zero attached hydrogens (tertiary/aromatic N) is 4. The minimum atomic E-state index is -5.57. The Bertz CT molecular complexity index is 1960. The number of rotatable bonds is 31. The highest BCUT2D eigenvalue weighted by molar-refractivity contribution is 8.13. The van der Waals surface area contributed by atoms with E-state index in [0.29, 0.717) is 12.2 Å². The Morgan fingerprint density at radius 2 is 1.59 bits per heavy atom. The number of imidazole rings is 1. The van der Waals surface area contributed by atoms with Crippen molar-refractivity contribution in [3.63, 3.8) is 0 Å². The molecule has 3 rings (SSSR count). The molecule has 64 heavy (non-hydrogen) atoms. The Labute approximate surface area is 376 Å². The number of nitrogen functional groups attached to an aromatic ring is 1. The summed E-state index contributed by atoms with van der Waals surface area (Å²) in [6, 6.07) is 0. The molecule has 24 nitrogen and oxygen atoms in total. The fraction of sp³-hybridized carbons (Fsp3) is 0.778. The lowest BCUT2D eigenvalue weighted by atomic mass is 9.87. The topological polar surface area (TPSA) is 364 Å². The number of phosphoric acid groups is 3. The third-order valence-electron chi connectivity index (χ3n) is 10.1. The molecule has 1 saturated heterocycles. The van der Waals surface area contributed by atoms with Gasteiger partial charge in [-0.3, -0.25) is 32.5 Å². The van der Waals surface area contributed by atoms with E-state index < -0.39 is 84.6 Å². The van der Waals surface area contributed by atoms with Crippen molar-refractivity contribution in [2.75, 3.05) is 37.8 Å². The van der Waals surface area contributed by atoms with Crippen molar-refractivity contribution in [3.05, 3.63) is 12.7 Å². The third-order valence-corrected chi connectivity index (χ3v) is 14.2. The van der Waals surface area contributed by atoms with E-state index in [1.165, 1.54) is 58.8 Å². The lowest BCUT2D eigenvalue weighted by molar-refractivity contribution is -0.137. The molecule has 0 bridgehead atoms. The van der Waals surface area contributed by atoms with Crippen molar-refractivity contribution in [2.24, 2.45) is 11.3 Å². The summed E-state index contributed by atoms with van der Waals surface area (Å²) in [7, 11) is -16.4. The van der Waals surface area contributed by atoms with E-state index in [9.17, 15) is 57.9 Å². The van der Waals surface area contributed by atoms with Gasteiger partial charge in [0.15, 0.2) is 22.8 Å². The fourth-order valence-electron chi connectivity index (χ4n) is 6.55. The van der Waals surface area contributed by atoms with E-state index >= 15 is 0 Å². The largest absolute Gasteiger partial charge is 0.481 e. The Hall–Kier alpha value is -2.44. The number of fused-ring (bicyclic) bond motifs is 1. The summed E-state index contributed by atoms with van der Waals surface area (Å²) in [5.74, 6) is -0.256. The number of ether oxygens (including phenoxy) is 1. The van der Waals surface area contributed by atoms with Gasteiger partial charge in [0.05, 0.1) is 19.5 Å². The van der Waals surface area contributed by atoms with Gasteiger partial charge >= 0.3 is 23.5 Å². The van der Waals surface area contributed by atoms with Crippen LogP contribution in [0.25, 0.3) is 11.2 Å². The van der Waals surface area contributed by atoms with Gasteiger partial charge in [0.2, 0.25) is 11.8 Å². The quantitative estimate of drug-likeness (QED) is 0.0385. The molecule has 0 saturated carbocycles. The van der Waals surface area contributed by atoms with Gasteiger partial charge in [-0.15, -0.1) is 0 Å². The molecule has 3 heterocycles. The zero-order chi connectivity index (χ0) is 47.7. The maximum absolute atomic E-state index is 12.7. The standard InChI is InChI=1S/C36H64N7O17P3S/c1-5-6-10-13-24(2)14-11-8-7-9-12-15-27(45)64-19-18-38-26(44)16-17-39-34(48)31(47)36(3,4)21-57-63(54,55)60-62(52,53)56-20-25-30(59-61(49,50)51)29(46)35(58-25)43-23-42-28-32(37)40-22-41-33(28)43/h22-25,29-31,35,46-47H,5-21H2,1-4H3,(H,38,44)(H,39,48)(H,52,53)(H,54,55)(H2,37,40,41)(H2,49,50,51). The van der Waals surface area contributed by atoms with Crippen molar-refractivity contribution >= 4 is 69.1 Å². The van der Waals surface area contributed by atoms with Crippen LogP contribution in [0, 0.1) is 11.3 Å². The molecule has 28 heteroatoms. The van der Waals surface area contributed by atoms with Crippen LogP contribution in [-0.2, 0) is 50.7 Å². The smallest absolute Gasteiger partial charge is 0.386 e. The molecule has 1 aliphatic heterocycles. The molecular weight excluding hydrogens is 927 g/mol. The monoisotopic (exact) mass is 991 g/mol. The molecule has 2 aromatic rings. The van der Waals surface area contributed by atoms with Crippen LogP contribution in [0.2, 0.25) is 0 Å². The number of amides is 2. The van der Waals surface area contributed by atoms with Crippen molar-refractivity contribution in [2.45, 2.75) is 135 Å². The summed E-state index contributed by atoms with van der Waals surface area (Å²) < 4.78 is 62.4. The van der Waals surface area contributed by atoms with Crippen LogP contribution in [0.4, 0.5) is 5.82 Å². The van der Waals surface area contributed by atoms with Crippen molar-refractivity contribution in [1.29, 1.82) is 0 Å². The van der Waals surface area contributed by atoms with Gasteiger partial charge < -0.3 is 50.9 Å². The van der Waals surface area contributed by atoms with Crippen LogP contribution < -0.4 is 16.4 Å². The number of nitrogens with one attached hydrogen (secondary N) is 2. The summed E-state index contributed by atoms with van der Waals surface area (Å²) in [4.78, 5) is 88.2. The Balaban J connectivity index is 1.35. The van der Waals surface area contributed by atoms with Gasteiger partial charge in [-0.2, -0.15) is 4.31 Å². The second-order valence-corrected chi connectivity index (χ2v) is 21.6. The number of unbranched alkanes of at least 4 members (excludes halogenated alkanes) is 6. The minimum Gasteiger partial charge on any atom is -0.386 e. The van der Waals surface area contributed by atoms with E-state index in [0.717, 1.165) is 54.2 Å². The maximum Gasteiger partial charge on any atom is 0.481 e. The molecule has 2 amide bonds. The normalized spacial score (nSPS) is 21.0. The van der Waals surface area contributed by atoms with Crippen LogP contribution in [-0.4, -0.2) is 123 Å². The average Bonchev–Trinajstić information content (AvgIpc) is 3.77. The van der Waals surface area contributed by atoms with Gasteiger partial charge in [-0.25, -0.2) is 28.6 Å². The number of thioether (sulfide) groups is 1. The van der Waals surface area contributed by atoms with Gasteiger partial charge in [-0.05, 0) is 12.3 Å². The van der Waals surface area contributed by atoms with Crippen LogP contribution in [0.15, 0.2) is 12.7 Å². The highest BCUT2D eigenvalue weighted by Crippen LogP contribution is 2.61. The summed E-state index contributed by atoms with van der Waals surface area (Å²) in [5.41, 5.74) is 4.29. The van der Waals surface area contributed by atoms with Crippen LogP contribution in [0.5, 0.6) is 0 Å². The SMILES string of the molecule is CCCCCC(C)CCCCCCCC(=O)SCCNC(=O)CCNC(=O)C(O)C(C)(C)COP(=O)(O)OP(=O)(O)OCC1OC(n2cnc3c(N)ncnc32)C(O)C1OP(=O)(O)O. The molecule has 0 radical (unpaired) electrons. The summed E-state index contributed by atoms with van der Waals surface area (Å²) >= 11 is 1.15. The van der Waals surface area contributed by atoms with E-state index in [2.05, 4.69) is 48.3 Å². The molecule has 366 valence electrons. The zero-order valence-corrected chi connectivity index (χ0v) is 39.9. The number of aromatic nitrogens is 4. The number of hydrogen-bond acceptors (Lipinski definition) is 18. The van der Waals surface area contributed by atoms with Gasteiger partial charge in [0.1, 0.15) is 36.3 Å². The highest BCUT2D eigenvalue weighted by Gasteiger charge is 2.50. The van der Waals surface area contributed by atoms with Gasteiger partial charge in [0, 0.05) is 37.1 Å². The highest BCUT2D eigenvalue weighted by atomic mass is 32.2. The molecule has 8 atom stereocenters. The van der Waals surface area contributed by atoms with E-state index in [-0.39, 0.29) is 41.6 Å². The predicted octanol–water partition coefficient (Wildman–Crippen LogP) is 3.61. The van der Waals surface area contributed by atoms with Gasteiger partial charge in [-0.1, -0.05) is 97.2 Å². The van der Waals surface area contributed by atoms with Crippen LogP contribution in [0.1, 0.15) is 111 Å². The van der Waals surface area contributed by atoms with Crippen LogP contribution in [0.3, 0.4) is 0 Å². The Morgan fingerprint density at radius 1 is 0.938 bits per heavy atom. The number of carbonyl (C=O) groups is 3. The minimum absolute atomic E-state index is 0.0334. The van der Waals surface area contributed by atoms with E-state index in [4.69, 9.17) is 19.5 Å². The first-order valence-corrected chi connectivity index (χ1v) is 26.5. The van der Waals surface area contributed by atoms with E-state index in [1.807, 2.05) is 0 Å². The molecule has 0 spiro atoms. The first-order valence-electron chi connectivity index (χ1n) is 21.0. The fourth-order valence-corrected chi connectivity index (χ4v) is 10.1. The van der Waals surface area contributed by atoms with Crippen molar-refractivity contribution in [3.8, 4) is 0 Å². The molecule has 1 aliphatic rings. The number of aliphatic hydroxyl groups excluding tert-OH is 2. The average molecular weight is 992 g/mol. The maximum atomic E-state index is 12.7. The van der Waals surface area contributed by atoms with Crippen LogP contribution >= 0.6 is 35.2 Å². The molecule has 1 fully saturated rings. The second kappa shape index (κ2) is 26.2. The first kappa shape index (κ1) is 55.9. The summed E-state index contributed by atoms with van der Waals surface area (Å²) in [5, 5.41) is 26.6. The van der Waals surface area contributed by atoms with E-state index in [1.54, 1.807) is 0 Å². The van der Waals surface area contributed by atoms with Gasteiger partial charge in [0.25, 0.3) is 0 Å². The zero-order valence-electron chi connectivity index (χ0n) is 36.4. The second-order valence-electron chi connectivity index (χ2n) is 16.2. The molecule has 0 aromatic carbocycles. The van der Waals surface area contributed by atoms with Crippen molar-refractivity contribution in [1.82, 2.24) is 30.2 Å². The third kappa shape index (κ3) is 19.4. The molecule has 2 aromatic heterocycles. The summed E-state index contributed by atoms with van der Waals surface area (Å²) in [6.45, 7) is 5.11. The van der Waals surface area contributed by atoms with Crippen molar-refractivity contribution < 1.29 is 80.5 Å². The number of aliphatic hydroxyl groups is 2. The Kier molecular flexibility index (Phi) is 22.9. The lowest BCUT2D eigenvalue weighted by Crippen LogP contribution is -2.46. The predicted molar refractivity (Wildman–Crippen MR) is 233 cm³/mol. The Morgan fingerprint density at radius 3 is 2.28 bits per heavy atom. The molecule has 8 unspecified atom stereocenters. The molecular formula is C36H64N7O17P3S.